The maximum absolute atomic E-state index is 11.3. The molecule has 14 heavy (non-hydrogen) atoms. The Bertz CT molecular complexity index is 178. The van der Waals surface area contributed by atoms with Crippen molar-refractivity contribution in [3.05, 3.63) is 0 Å². The van der Waals surface area contributed by atoms with Gasteiger partial charge >= 0.3 is 0 Å². The van der Waals surface area contributed by atoms with Crippen molar-refractivity contribution in [2.75, 3.05) is 52.9 Å². The number of piperazine rings is 1. The molecule has 3 N–H and O–H groups in total. The number of likely N-dealkylation sites (N-methyl/N-ethyl adjacent to an activating group) is 1. The molecule has 0 atom stereocenters. The first-order chi connectivity index (χ1) is 6.72. The standard InChI is InChI=1S/C9H20N4O/c1-12-4-6-13(7-5-12)8-9(14)11-3-2-10/h2-8,10H2,1H3,(H,11,14)/i8+1,9+1,14+2. The zero-order valence-electron chi connectivity index (χ0n) is 8.83. The Hall–Kier alpha value is -0.650. The van der Waals surface area contributed by atoms with E-state index >= 15 is 0 Å². The lowest BCUT2D eigenvalue weighted by Gasteiger charge is -2.31. The van der Waals surface area contributed by atoms with Gasteiger partial charge in [0.1, 0.15) is 0 Å². The molecule has 0 bridgehead atoms. The Morgan fingerprint density at radius 2 is 2.00 bits per heavy atom. The second kappa shape index (κ2) is 5.95. The molecule has 1 heterocycles. The van der Waals surface area contributed by atoms with Crippen LogP contribution >= 0.6 is 0 Å². The van der Waals surface area contributed by atoms with Crippen molar-refractivity contribution in [2.45, 2.75) is 0 Å². The lowest BCUT2D eigenvalue weighted by molar-refractivity contribution is -0.122. The molecule has 1 rings (SSSR count). The first-order valence-corrected chi connectivity index (χ1v) is 5.10. The van der Waals surface area contributed by atoms with Crippen LogP contribution < -0.4 is 11.1 Å². The Morgan fingerprint density at radius 3 is 2.57 bits per heavy atom. The van der Waals surface area contributed by atoms with E-state index in [9.17, 15) is 4.79 Å². The van der Waals surface area contributed by atoms with Crippen LogP contribution in [-0.4, -0.2) is 68.6 Å². The molecule has 0 aliphatic carbocycles. The molecule has 1 aliphatic heterocycles. The molecule has 1 saturated heterocycles. The molecule has 0 unspecified atom stereocenters. The summed E-state index contributed by atoms with van der Waals surface area (Å²) >= 11 is 0. The molecule has 0 radical (unpaired) electrons. The fraction of sp³-hybridized carbons (Fsp3) is 0.889. The van der Waals surface area contributed by atoms with Crippen LogP contribution in [0.4, 0.5) is 0 Å². The van der Waals surface area contributed by atoms with E-state index in [1.807, 2.05) is 0 Å². The summed E-state index contributed by atoms with van der Waals surface area (Å²) in [5.74, 6) is 0.0833. The van der Waals surface area contributed by atoms with Crippen molar-refractivity contribution in [3.8, 4) is 0 Å². The molecule has 5 nitrogen and oxygen atoms in total. The summed E-state index contributed by atoms with van der Waals surface area (Å²) < 4.78 is 0. The minimum absolute atomic E-state index is 0.0833. The minimum atomic E-state index is 0.0833. The number of amides is 1. The van der Waals surface area contributed by atoms with Gasteiger partial charge in [0, 0.05) is 39.3 Å². The van der Waals surface area contributed by atoms with Crippen molar-refractivity contribution in [3.63, 3.8) is 0 Å². The second-order valence-corrected chi connectivity index (χ2v) is 3.72. The molecular weight excluding hydrogens is 184 g/mol. The molecule has 0 aromatic heterocycles. The fourth-order valence-electron chi connectivity index (χ4n) is 1.48. The van der Waals surface area contributed by atoms with Gasteiger partial charge in [-0.1, -0.05) is 0 Å². The SMILES string of the molecule is CN1CCN([13CH2][13C](=[18O])NCCN)CC1. The zero-order valence-corrected chi connectivity index (χ0v) is 8.83. The number of nitrogens with zero attached hydrogens (tertiary/aromatic N) is 2. The number of nitrogens with two attached hydrogens (primary N) is 1. The van der Waals surface area contributed by atoms with Crippen LogP contribution in [0.25, 0.3) is 0 Å². The van der Waals surface area contributed by atoms with Gasteiger partial charge < -0.3 is 16.0 Å². The van der Waals surface area contributed by atoms with Gasteiger partial charge in [0.25, 0.3) is 0 Å². The van der Waals surface area contributed by atoms with Crippen molar-refractivity contribution >= 4 is 5.91 Å². The molecular formula is C9H20N4O. The zero-order chi connectivity index (χ0) is 10.4. The van der Waals surface area contributed by atoms with Crippen molar-refractivity contribution < 1.29 is 4.79 Å². The van der Waals surface area contributed by atoms with Crippen LogP contribution in [0.1, 0.15) is 0 Å². The first-order valence-electron chi connectivity index (χ1n) is 5.10. The van der Waals surface area contributed by atoms with Crippen LogP contribution in [0.2, 0.25) is 0 Å². The second-order valence-electron chi connectivity index (χ2n) is 3.72. The normalized spacial score (nSPS) is 19.6. The number of hydrogen-bond acceptors (Lipinski definition) is 4. The quantitative estimate of drug-likeness (QED) is 0.424. The smallest absolute Gasteiger partial charge is 0.234 e. The van der Waals surface area contributed by atoms with Crippen LogP contribution in [0.3, 0.4) is 0 Å². The maximum Gasteiger partial charge on any atom is 0.234 e. The lowest BCUT2D eigenvalue weighted by Crippen LogP contribution is -2.48. The van der Waals surface area contributed by atoms with E-state index < -0.39 is 0 Å². The number of rotatable bonds is 4. The van der Waals surface area contributed by atoms with E-state index in [-0.39, 0.29) is 5.91 Å². The summed E-state index contributed by atoms with van der Waals surface area (Å²) in [6, 6.07) is 0. The number of hydrogen-bond donors (Lipinski definition) is 2. The van der Waals surface area contributed by atoms with E-state index in [0.717, 1.165) is 26.2 Å². The van der Waals surface area contributed by atoms with Crippen LogP contribution in [0.5, 0.6) is 0 Å². The molecule has 0 aromatic rings. The van der Waals surface area contributed by atoms with Gasteiger partial charge in [-0.05, 0) is 7.05 Å². The molecule has 1 fully saturated rings. The number of nitrogens with one attached hydrogen (secondary N) is 1. The molecule has 0 saturated carbocycles. The molecule has 5 heteroatoms. The van der Waals surface area contributed by atoms with Gasteiger partial charge in [-0.2, -0.15) is 0 Å². The third-order valence-electron chi connectivity index (χ3n) is 2.43. The highest BCUT2D eigenvalue weighted by molar-refractivity contribution is 5.77. The lowest BCUT2D eigenvalue weighted by atomic mass is 10.4. The van der Waals surface area contributed by atoms with Gasteiger partial charge in [-0.15, -0.1) is 0 Å². The van der Waals surface area contributed by atoms with E-state index in [0.29, 0.717) is 19.6 Å². The van der Waals surface area contributed by atoms with Gasteiger partial charge in [-0.3, -0.25) is 9.69 Å². The molecule has 1 aliphatic rings. The first kappa shape index (κ1) is 11.4. The van der Waals surface area contributed by atoms with Gasteiger partial charge in [0.05, 0.1) is 6.54 Å². The van der Waals surface area contributed by atoms with Crippen molar-refractivity contribution in [1.82, 2.24) is 15.1 Å². The summed E-state index contributed by atoms with van der Waals surface area (Å²) in [6.07, 6.45) is 0. The summed E-state index contributed by atoms with van der Waals surface area (Å²) in [5, 5.41) is 2.77. The Labute approximate surface area is 85.2 Å². The highest BCUT2D eigenvalue weighted by atomic mass is 18.1. The van der Waals surface area contributed by atoms with E-state index in [4.69, 9.17) is 5.73 Å². The fourth-order valence-corrected chi connectivity index (χ4v) is 1.48. The minimum Gasteiger partial charge on any atom is -0.354 e. The van der Waals surface area contributed by atoms with Crippen LogP contribution in [-0.2, 0) is 4.79 Å². The van der Waals surface area contributed by atoms with Gasteiger partial charge in [0.15, 0.2) is 0 Å². The Morgan fingerprint density at radius 1 is 1.36 bits per heavy atom. The summed E-state index contributed by atoms with van der Waals surface area (Å²) in [6.45, 7) is 5.64. The largest absolute Gasteiger partial charge is 0.354 e. The molecule has 1 amide bonds. The van der Waals surface area contributed by atoms with E-state index in [1.54, 1.807) is 0 Å². The third kappa shape index (κ3) is 4.04. The predicted octanol–water partition coefficient (Wildman–Crippen LogP) is -1.69. The number of carbonyl (C=O) groups is 1. The van der Waals surface area contributed by atoms with E-state index in [2.05, 4.69) is 22.2 Å². The summed E-state index contributed by atoms with van der Waals surface area (Å²) in [7, 11) is 2.10. The topological polar surface area (TPSA) is 61.6 Å². The van der Waals surface area contributed by atoms with E-state index in [1.165, 1.54) is 0 Å². The van der Waals surface area contributed by atoms with Crippen molar-refractivity contribution in [2.24, 2.45) is 5.73 Å². The number of carbonyl (C=O) groups excluding carboxylic acids is 1. The highest BCUT2D eigenvalue weighted by Gasteiger charge is 2.15. The van der Waals surface area contributed by atoms with Gasteiger partial charge in [0.2, 0.25) is 5.91 Å². The van der Waals surface area contributed by atoms with Crippen LogP contribution in [0, 0.1) is 0 Å². The molecule has 82 valence electrons. The molecule has 0 aromatic carbocycles. The average molecular weight is 204 g/mol. The van der Waals surface area contributed by atoms with Crippen LogP contribution in [0.15, 0.2) is 0 Å². The predicted molar refractivity (Wildman–Crippen MR) is 56.0 cm³/mol. The van der Waals surface area contributed by atoms with Gasteiger partial charge in [-0.25, -0.2) is 0 Å². The highest BCUT2D eigenvalue weighted by Crippen LogP contribution is 1.97. The monoisotopic (exact) mass is 204 g/mol. The summed E-state index contributed by atoms with van der Waals surface area (Å²) in [5.41, 5.74) is 5.29. The summed E-state index contributed by atoms with van der Waals surface area (Å²) in [4.78, 5) is 15.8. The maximum atomic E-state index is 11.3. The average Bonchev–Trinajstić information content (AvgIpc) is 2.18. The third-order valence-corrected chi connectivity index (χ3v) is 2.43. The Kier molecular flexibility index (Phi) is 4.86. The molecule has 0 spiro atoms. The van der Waals surface area contributed by atoms with Crippen molar-refractivity contribution in [1.29, 1.82) is 0 Å². The Balaban J connectivity index is 2.14.